The van der Waals surface area contributed by atoms with E-state index in [4.69, 9.17) is 4.74 Å². The molecular formula is C17H17N3O2S. The number of carbonyl (C=O) groups excluding carboxylic acids is 1. The first-order valence-electron chi connectivity index (χ1n) is 7.65. The highest BCUT2D eigenvalue weighted by Gasteiger charge is 2.25. The van der Waals surface area contributed by atoms with Gasteiger partial charge in [-0.25, -0.2) is 4.98 Å². The van der Waals surface area contributed by atoms with Crippen molar-refractivity contribution < 1.29 is 9.53 Å². The third-order valence-electron chi connectivity index (χ3n) is 4.07. The maximum atomic E-state index is 12.6. The summed E-state index contributed by atoms with van der Waals surface area (Å²) in [6.07, 6.45) is 4.19. The van der Waals surface area contributed by atoms with Crippen LogP contribution in [0.25, 0.3) is 4.96 Å². The molecule has 1 fully saturated rings. The molecule has 2 aromatic heterocycles. The van der Waals surface area contributed by atoms with E-state index >= 15 is 0 Å². The van der Waals surface area contributed by atoms with Crippen LogP contribution >= 0.6 is 11.3 Å². The van der Waals surface area contributed by atoms with Crippen molar-refractivity contribution in [1.29, 1.82) is 0 Å². The molecule has 0 radical (unpaired) electrons. The van der Waals surface area contributed by atoms with Crippen molar-refractivity contribution in [3.63, 3.8) is 0 Å². The maximum Gasteiger partial charge on any atom is 0.228 e. The van der Waals surface area contributed by atoms with Crippen molar-refractivity contribution >= 4 is 22.2 Å². The summed E-state index contributed by atoms with van der Waals surface area (Å²) in [6.45, 7) is 1.82. The molecule has 3 aromatic rings. The fourth-order valence-corrected chi connectivity index (χ4v) is 3.59. The highest BCUT2D eigenvalue weighted by atomic mass is 32.1. The lowest BCUT2D eigenvalue weighted by Crippen LogP contribution is -2.43. The third-order valence-corrected chi connectivity index (χ3v) is 4.84. The number of amides is 1. The van der Waals surface area contributed by atoms with E-state index in [0.717, 1.165) is 16.2 Å². The van der Waals surface area contributed by atoms with Crippen molar-refractivity contribution in [2.24, 2.45) is 0 Å². The minimum atomic E-state index is -0.0422. The highest BCUT2D eigenvalue weighted by molar-refractivity contribution is 7.15. The average molecular weight is 327 g/mol. The predicted molar refractivity (Wildman–Crippen MR) is 88.5 cm³/mol. The molecule has 6 heteroatoms. The minimum Gasteiger partial charge on any atom is -0.370 e. The lowest BCUT2D eigenvalue weighted by atomic mass is 10.1. The monoisotopic (exact) mass is 327 g/mol. The van der Waals surface area contributed by atoms with Gasteiger partial charge in [0.2, 0.25) is 5.91 Å². The summed E-state index contributed by atoms with van der Waals surface area (Å²) in [6, 6.07) is 10.1. The molecule has 0 bridgehead atoms. The van der Waals surface area contributed by atoms with Gasteiger partial charge in [-0.05, 0) is 5.56 Å². The number of aromatic nitrogens is 2. The van der Waals surface area contributed by atoms with Crippen LogP contribution in [0.15, 0.2) is 48.1 Å². The molecule has 1 saturated heterocycles. The van der Waals surface area contributed by atoms with Crippen molar-refractivity contribution in [3.05, 3.63) is 59.4 Å². The molecule has 1 aliphatic rings. The van der Waals surface area contributed by atoms with E-state index in [1.807, 2.05) is 57.4 Å². The molecular weight excluding hydrogens is 310 g/mol. The quantitative estimate of drug-likeness (QED) is 0.743. The molecule has 1 atom stereocenters. The fraction of sp³-hybridized carbons (Fsp3) is 0.294. The van der Waals surface area contributed by atoms with Gasteiger partial charge < -0.3 is 9.64 Å². The van der Waals surface area contributed by atoms with Gasteiger partial charge in [-0.3, -0.25) is 9.20 Å². The van der Waals surface area contributed by atoms with Crippen LogP contribution in [0.3, 0.4) is 0 Å². The van der Waals surface area contributed by atoms with Crippen molar-refractivity contribution in [2.45, 2.75) is 12.5 Å². The van der Waals surface area contributed by atoms with Crippen molar-refractivity contribution in [3.8, 4) is 0 Å². The number of ether oxygens (including phenoxy) is 1. The van der Waals surface area contributed by atoms with Gasteiger partial charge in [-0.2, -0.15) is 0 Å². The molecule has 3 heterocycles. The van der Waals surface area contributed by atoms with Crippen molar-refractivity contribution in [2.75, 3.05) is 19.7 Å². The second-order valence-electron chi connectivity index (χ2n) is 5.61. The van der Waals surface area contributed by atoms with Crippen LogP contribution in [0.5, 0.6) is 0 Å². The standard InChI is InChI=1S/C17H17N3O2S/c21-16(10-14-11-20-7-9-23-17(20)18-14)19-6-8-22-15(12-19)13-4-2-1-3-5-13/h1-5,7,9,11,15H,6,8,10,12H2/t15-/m1/s1. The molecule has 0 N–H and O–H groups in total. The zero-order valence-electron chi connectivity index (χ0n) is 12.6. The van der Waals surface area contributed by atoms with Gasteiger partial charge in [0.25, 0.3) is 0 Å². The van der Waals surface area contributed by atoms with Gasteiger partial charge in [0.15, 0.2) is 4.96 Å². The molecule has 1 aromatic carbocycles. The van der Waals surface area contributed by atoms with Crippen molar-refractivity contribution in [1.82, 2.24) is 14.3 Å². The molecule has 1 aliphatic heterocycles. The van der Waals surface area contributed by atoms with Gasteiger partial charge in [0.05, 0.1) is 25.3 Å². The normalized spacial score (nSPS) is 18.4. The smallest absolute Gasteiger partial charge is 0.228 e. The third kappa shape index (κ3) is 3.00. The Hall–Kier alpha value is -2.18. The fourth-order valence-electron chi connectivity index (χ4n) is 2.87. The highest BCUT2D eigenvalue weighted by Crippen LogP contribution is 2.22. The van der Waals surface area contributed by atoms with Gasteiger partial charge >= 0.3 is 0 Å². The van der Waals surface area contributed by atoms with Crippen LogP contribution in [-0.2, 0) is 16.0 Å². The number of carbonyl (C=O) groups is 1. The van der Waals surface area contributed by atoms with Gasteiger partial charge in [0, 0.05) is 24.3 Å². The van der Waals surface area contributed by atoms with Gasteiger partial charge in [-0.1, -0.05) is 30.3 Å². The Morgan fingerprint density at radius 1 is 1.35 bits per heavy atom. The molecule has 23 heavy (non-hydrogen) atoms. The Bertz CT molecular complexity index is 783. The van der Waals surface area contributed by atoms with E-state index in [2.05, 4.69) is 4.98 Å². The minimum absolute atomic E-state index is 0.0422. The first-order chi connectivity index (χ1) is 11.3. The summed E-state index contributed by atoms with van der Waals surface area (Å²) in [5, 5.41) is 1.99. The van der Waals surface area contributed by atoms with E-state index in [1.54, 1.807) is 11.3 Å². The van der Waals surface area contributed by atoms with Crippen LogP contribution in [0.4, 0.5) is 0 Å². The van der Waals surface area contributed by atoms with Crippen LogP contribution in [-0.4, -0.2) is 39.9 Å². The Morgan fingerprint density at radius 2 is 2.22 bits per heavy atom. The first kappa shape index (κ1) is 14.4. The van der Waals surface area contributed by atoms with E-state index in [9.17, 15) is 4.79 Å². The second kappa shape index (κ2) is 6.14. The molecule has 0 saturated carbocycles. The lowest BCUT2D eigenvalue weighted by molar-refractivity contribution is -0.138. The molecule has 118 valence electrons. The Kier molecular flexibility index (Phi) is 3.85. The average Bonchev–Trinajstić information content (AvgIpc) is 3.17. The summed E-state index contributed by atoms with van der Waals surface area (Å²) in [5.41, 5.74) is 1.94. The summed E-state index contributed by atoms with van der Waals surface area (Å²) >= 11 is 1.58. The number of fused-ring (bicyclic) bond motifs is 1. The number of thiazole rings is 1. The van der Waals surface area contributed by atoms with E-state index < -0.39 is 0 Å². The number of morpholine rings is 1. The molecule has 1 amide bonds. The van der Waals surface area contributed by atoms with E-state index in [1.165, 1.54) is 0 Å². The number of rotatable bonds is 3. The van der Waals surface area contributed by atoms with Crippen LogP contribution in [0, 0.1) is 0 Å². The maximum absolute atomic E-state index is 12.6. The zero-order valence-corrected chi connectivity index (χ0v) is 13.4. The summed E-state index contributed by atoms with van der Waals surface area (Å²) < 4.78 is 7.78. The summed E-state index contributed by atoms with van der Waals surface area (Å²) in [5.74, 6) is 0.111. The van der Waals surface area contributed by atoms with Crippen LogP contribution < -0.4 is 0 Å². The molecule has 4 rings (SSSR count). The van der Waals surface area contributed by atoms with Crippen LogP contribution in [0.2, 0.25) is 0 Å². The number of hydrogen-bond donors (Lipinski definition) is 0. The molecule has 0 aliphatic carbocycles. The first-order valence-corrected chi connectivity index (χ1v) is 8.53. The molecule has 0 spiro atoms. The Balaban J connectivity index is 1.44. The van der Waals surface area contributed by atoms with Crippen LogP contribution in [0.1, 0.15) is 17.4 Å². The molecule has 5 nitrogen and oxygen atoms in total. The number of nitrogens with zero attached hydrogens (tertiary/aromatic N) is 3. The topological polar surface area (TPSA) is 46.8 Å². The lowest BCUT2D eigenvalue weighted by Gasteiger charge is -2.33. The Morgan fingerprint density at radius 3 is 3.04 bits per heavy atom. The largest absolute Gasteiger partial charge is 0.370 e. The number of hydrogen-bond acceptors (Lipinski definition) is 4. The molecule has 0 unspecified atom stereocenters. The summed E-state index contributed by atoms with van der Waals surface area (Å²) in [4.78, 5) is 19.9. The second-order valence-corrected chi connectivity index (χ2v) is 6.48. The van der Waals surface area contributed by atoms with E-state index in [-0.39, 0.29) is 12.0 Å². The van der Waals surface area contributed by atoms with Gasteiger partial charge in [0.1, 0.15) is 6.10 Å². The predicted octanol–water partition coefficient (Wildman–Crippen LogP) is 2.54. The SMILES string of the molecule is O=C(Cc1cn2ccsc2n1)N1CCO[C@@H](c2ccccc2)C1. The van der Waals surface area contributed by atoms with E-state index in [0.29, 0.717) is 26.1 Å². The number of imidazole rings is 1. The Labute approximate surface area is 138 Å². The van der Waals surface area contributed by atoms with Gasteiger partial charge in [-0.15, -0.1) is 11.3 Å². The zero-order chi connectivity index (χ0) is 15.6. The number of benzene rings is 1. The summed E-state index contributed by atoms with van der Waals surface area (Å²) in [7, 11) is 0.